The summed E-state index contributed by atoms with van der Waals surface area (Å²) in [4.78, 5) is 2.81. The van der Waals surface area contributed by atoms with Crippen molar-refractivity contribution in [2.45, 2.75) is 64.5 Å². The van der Waals surface area contributed by atoms with E-state index in [0.717, 1.165) is 12.0 Å². The van der Waals surface area contributed by atoms with Gasteiger partial charge in [0.2, 0.25) is 0 Å². The fourth-order valence-corrected chi connectivity index (χ4v) is 3.53. The fraction of sp³-hybridized carbons (Fsp3) is 1.00. The summed E-state index contributed by atoms with van der Waals surface area (Å²) in [6.45, 7) is 11.1. The maximum Gasteiger partial charge on any atom is 0.0309 e. The Bertz CT molecular complexity index is 293. The third-order valence-electron chi connectivity index (χ3n) is 5.43. The van der Waals surface area contributed by atoms with Crippen LogP contribution in [0.4, 0.5) is 0 Å². The Morgan fingerprint density at radius 2 is 1.94 bits per heavy atom. The van der Waals surface area contributed by atoms with Crippen molar-refractivity contribution >= 4 is 0 Å². The van der Waals surface area contributed by atoms with E-state index in [4.69, 9.17) is 0 Å². The van der Waals surface area contributed by atoms with Crippen LogP contribution in [0.25, 0.3) is 0 Å². The molecule has 17 heavy (non-hydrogen) atoms. The second kappa shape index (κ2) is 3.96. The van der Waals surface area contributed by atoms with Gasteiger partial charge >= 0.3 is 0 Å². The Kier molecular flexibility index (Phi) is 2.79. The van der Waals surface area contributed by atoms with Crippen molar-refractivity contribution in [1.29, 1.82) is 0 Å². The molecule has 1 heterocycles. The number of nitrogens with one attached hydrogen (secondary N) is 1. The van der Waals surface area contributed by atoms with Gasteiger partial charge in [0.1, 0.15) is 0 Å². The van der Waals surface area contributed by atoms with E-state index in [1.165, 1.54) is 51.7 Å². The standard InChI is InChI=1S/C15H28N2/c1-4-13-9-16-15(3,12-5-6-12)11-17(13)10-14(2)7-8-14/h12-13,16H,4-11H2,1-3H3. The van der Waals surface area contributed by atoms with Crippen molar-refractivity contribution < 1.29 is 0 Å². The van der Waals surface area contributed by atoms with E-state index in [0.29, 0.717) is 11.0 Å². The van der Waals surface area contributed by atoms with Gasteiger partial charge in [0, 0.05) is 31.2 Å². The van der Waals surface area contributed by atoms with Crippen LogP contribution >= 0.6 is 0 Å². The molecular weight excluding hydrogens is 208 g/mol. The quantitative estimate of drug-likeness (QED) is 0.807. The summed E-state index contributed by atoms with van der Waals surface area (Å²) in [5.41, 5.74) is 1.08. The summed E-state index contributed by atoms with van der Waals surface area (Å²) in [5, 5.41) is 3.85. The van der Waals surface area contributed by atoms with Gasteiger partial charge in [-0.2, -0.15) is 0 Å². The van der Waals surface area contributed by atoms with E-state index in [1.807, 2.05) is 0 Å². The van der Waals surface area contributed by atoms with Crippen LogP contribution in [0.5, 0.6) is 0 Å². The van der Waals surface area contributed by atoms with E-state index in [-0.39, 0.29) is 0 Å². The Morgan fingerprint density at radius 1 is 1.24 bits per heavy atom. The second-order valence-electron chi connectivity index (χ2n) is 7.35. The van der Waals surface area contributed by atoms with Gasteiger partial charge in [0.15, 0.2) is 0 Å². The van der Waals surface area contributed by atoms with Crippen molar-refractivity contribution in [1.82, 2.24) is 10.2 Å². The monoisotopic (exact) mass is 236 g/mol. The van der Waals surface area contributed by atoms with Crippen LogP contribution < -0.4 is 5.32 Å². The van der Waals surface area contributed by atoms with Gasteiger partial charge in [-0.15, -0.1) is 0 Å². The fourth-order valence-electron chi connectivity index (χ4n) is 3.53. The molecule has 0 spiro atoms. The van der Waals surface area contributed by atoms with Gasteiger partial charge < -0.3 is 5.32 Å². The first-order valence-electron chi connectivity index (χ1n) is 7.54. The van der Waals surface area contributed by atoms with Gasteiger partial charge in [-0.05, 0) is 50.4 Å². The molecule has 2 atom stereocenters. The SMILES string of the molecule is CCC1CNC(C)(C2CC2)CN1CC1(C)CC1. The molecule has 0 bridgehead atoms. The summed E-state index contributed by atoms with van der Waals surface area (Å²) in [6, 6.07) is 0.777. The van der Waals surface area contributed by atoms with Crippen LogP contribution in [0.2, 0.25) is 0 Å². The highest BCUT2D eigenvalue weighted by molar-refractivity contribution is 5.05. The van der Waals surface area contributed by atoms with E-state index < -0.39 is 0 Å². The lowest BCUT2D eigenvalue weighted by Crippen LogP contribution is -2.64. The van der Waals surface area contributed by atoms with Gasteiger partial charge in [0.25, 0.3) is 0 Å². The lowest BCUT2D eigenvalue weighted by molar-refractivity contribution is 0.0578. The highest BCUT2D eigenvalue weighted by atomic mass is 15.3. The first kappa shape index (κ1) is 12.0. The van der Waals surface area contributed by atoms with Gasteiger partial charge in [-0.3, -0.25) is 4.90 Å². The Balaban J connectivity index is 1.67. The Morgan fingerprint density at radius 3 is 2.47 bits per heavy atom. The Labute approximate surface area is 106 Å². The van der Waals surface area contributed by atoms with E-state index >= 15 is 0 Å². The molecule has 3 fully saturated rings. The second-order valence-corrected chi connectivity index (χ2v) is 7.35. The number of hydrogen-bond donors (Lipinski definition) is 1. The summed E-state index contributed by atoms with van der Waals surface area (Å²) < 4.78 is 0. The highest BCUT2D eigenvalue weighted by Gasteiger charge is 2.48. The molecule has 2 saturated carbocycles. The maximum absolute atomic E-state index is 3.85. The first-order valence-corrected chi connectivity index (χ1v) is 7.54. The molecule has 0 radical (unpaired) electrons. The smallest absolute Gasteiger partial charge is 0.0309 e. The van der Waals surface area contributed by atoms with Crippen LogP contribution in [0, 0.1) is 11.3 Å². The summed E-state index contributed by atoms with van der Waals surface area (Å²) >= 11 is 0. The zero-order valence-corrected chi connectivity index (χ0v) is 11.8. The molecule has 0 aromatic carbocycles. The molecule has 2 heteroatoms. The number of hydrogen-bond acceptors (Lipinski definition) is 2. The Hall–Kier alpha value is -0.0800. The minimum absolute atomic E-state index is 0.414. The molecule has 2 nitrogen and oxygen atoms in total. The van der Waals surface area contributed by atoms with Crippen molar-refractivity contribution in [3.63, 3.8) is 0 Å². The molecule has 2 unspecified atom stereocenters. The van der Waals surface area contributed by atoms with Crippen LogP contribution in [-0.2, 0) is 0 Å². The molecule has 98 valence electrons. The topological polar surface area (TPSA) is 15.3 Å². The highest BCUT2D eigenvalue weighted by Crippen LogP contribution is 2.47. The van der Waals surface area contributed by atoms with Gasteiger partial charge in [-0.25, -0.2) is 0 Å². The zero-order valence-electron chi connectivity index (χ0n) is 11.8. The number of rotatable bonds is 4. The van der Waals surface area contributed by atoms with Crippen molar-refractivity contribution in [2.24, 2.45) is 11.3 Å². The van der Waals surface area contributed by atoms with Crippen LogP contribution in [-0.4, -0.2) is 36.1 Å². The third kappa shape index (κ3) is 2.39. The molecule has 1 saturated heterocycles. The summed E-state index contributed by atoms with van der Waals surface area (Å²) in [5.74, 6) is 0.954. The molecule has 0 aromatic heterocycles. The van der Waals surface area contributed by atoms with Crippen LogP contribution in [0.1, 0.15) is 52.9 Å². The molecule has 1 N–H and O–H groups in total. The van der Waals surface area contributed by atoms with Gasteiger partial charge in [0.05, 0.1) is 0 Å². The molecule has 3 aliphatic rings. The van der Waals surface area contributed by atoms with Crippen LogP contribution in [0.3, 0.4) is 0 Å². The van der Waals surface area contributed by atoms with Gasteiger partial charge in [-0.1, -0.05) is 13.8 Å². The number of piperazine rings is 1. The molecule has 0 amide bonds. The van der Waals surface area contributed by atoms with E-state index in [1.54, 1.807) is 0 Å². The summed E-state index contributed by atoms with van der Waals surface area (Å²) in [7, 11) is 0. The lowest BCUT2D eigenvalue weighted by Gasteiger charge is -2.47. The van der Waals surface area contributed by atoms with Crippen molar-refractivity contribution in [3.05, 3.63) is 0 Å². The summed E-state index contributed by atoms with van der Waals surface area (Å²) in [6.07, 6.45) is 7.10. The molecule has 1 aliphatic heterocycles. The van der Waals surface area contributed by atoms with Crippen molar-refractivity contribution in [3.8, 4) is 0 Å². The van der Waals surface area contributed by atoms with Crippen LogP contribution in [0.15, 0.2) is 0 Å². The normalized spacial score (nSPS) is 41.5. The molecule has 0 aromatic rings. The van der Waals surface area contributed by atoms with E-state index in [9.17, 15) is 0 Å². The minimum atomic E-state index is 0.414. The molecule has 3 rings (SSSR count). The van der Waals surface area contributed by atoms with Crippen molar-refractivity contribution in [2.75, 3.05) is 19.6 Å². The molecular formula is C15H28N2. The van der Waals surface area contributed by atoms with E-state index in [2.05, 4.69) is 31.0 Å². The number of nitrogens with zero attached hydrogens (tertiary/aromatic N) is 1. The predicted molar refractivity (Wildman–Crippen MR) is 72.1 cm³/mol. The maximum atomic E-state index is 3.85. The zero-order chi connectivity index (χ0) is 12.1. The minimum Gasteiger partial charge on any atom is -0.308 e. The predicted octanol–water partition coefficient (Wildman–Crippen LogP) is 2.64. The largest absolute Gasteiger partial charge is 0.308 e. The third-order valence-corrected chi connectivity index (χ3v) is 5.43. The average Bonchev–Trinajstić information content (AvgIpc) is 3.14. The molecule has 2 aliphatic carbocycles. The lowest BCUT2D eigenvalue weighted by atomic mass is 9.89. The average molecular weight is 236 g/mol. The first-order chi connectivity index (χ1) is 8.05.